The summed E-state index contributed by atoms with van der Waals surface area (Å²) in [6.45, 7) is 0. The predicted octanol–water partition coefficient (Wildman–Crippen LogP) is 21.5. The molecule has 3 aromatic heterocycles. The Bertz CT molecular complexity index is 5520. The van der Waals surface area contributed by atoms with Crippen LogP contribution in [0, 0.1) is 0 Å². The van der Waals surface area contributed by atoms with E-state index in [1.807, 2.05) is 0 Å². The molecule has 0 unspecified atom stereocenters. The summed E-state index contributed by atoms with van der Waals surface area (Å²) in [4.78, 5) is 3.78. The highest BCUT2D eigenvalue weighted by atomic mass is 15.0. The second-order valence-corrected chi connectivity index (χ2v) is 25.0. The second kappa shape index (κ2) is 17.1. The number of hydrogen-bond donors (Lipinski definition) is 1. The lowest BCUT2D eigenvalue weighted by molar-refractivity contribution is 0.792. The predicted molar refractivity (Wildman–Crippen MR) is 368 cm³/mol. The number of hydrogen-bond acceptors (Lipinski definition) is 0. The van der Waals surface area contributed by atoms with Crippen molar-refractivity contribution in [3.8, 4) is 78.1 Å². The molecule has 3 nitrogen and oxygen atoms in total. The molecule has 0 bridgehead atoms. The highest BCUT2D eigenvalue weighted by Crippen LogP contribution is 2.65. The zero-order valence-electron chi connectivity index (χ0n) is 48.3. The molecule has 3 heterocycles. The van der Waals surface area contributed by atoms with Crippen LogP contribution < -0.4 is 0 Å². The Morgan fingerprint density at radius 1 is 0.202 bits per heavy atom. The van der Waals surface area contributed by atoms with Crippen molar-refractivity contribution in [2.75, 3.05) is 0 Å². The average molecular weight is 1130 g/mol. The van der Waals surface area contributed by atoms with E-state index in [0.29, 0.717) is 0 Å². The minimum Gasteiger partial charge on any atom is -0.355 e. The number of H-pyrrole nitrogens is 1. The first-order valence-electron chi connectivity index (χ1n) is 31.1. The van der Waals surface area contributed by atoms with E-state index in [1.54, 1.807) is 0 Å². The number of para-hydroxylation sites is 2. The average Bonchev–Trinajstić information content (AvgIpc) is 1.53. The largest absolute Gasteiger partial charge is 0.355 e. The summed E-state index contributed by atoms with van der Waals surface area (Å²) in [6, 6.07) is 115. The standard InChI is InChI=1S/C86H51N3/c1-9-25-71-57(17-1)58-18-2-10-26-72(58)85(71)75-29-13-5-21-61(75)63-39-37-55(49-77(63)85)88-81-31-15-7-23-65(81)69-47-53(35-43-83(69)88)51-33-41-79-67(45-51)68-46-52(34-42-80(68)87-79)54-36-44-84-70(48-54)66-24-8-16-32-82(66)89(84)56-38-40-64-62-22-6-14-30-76(62)86(78(64)50-56)73-27-11-3-19-59(73)60-20-4-12-28-74(60)86/h1-50,87H. The van der Waals surface area contributed by atoms with E-state index in [0.717, 1.165) is 11.0 Å². The molecule has 0 saturated heterocycles. The van der Waals surface area contributed by atoms with Crippen molar-refractivity contribution in [3.05, 3.63) is 348 Å². The Kier molecular flexibility index (Phi) is 9.18. The van der Waals surface area contributed by atoms with Crippen LogP contribution in [0.25, 0.3) is 144 Å². The first-order chi connectivity index (χ1) is 44.1. The van der Waals surface area contributed by atoms with Gasteiger partial charge in [-0.3, -0.25) is 0 Å². The summed E-state index contributed by atoms with van der Waals surface area (Å²) >= 11 is 0. The lowest BCUT2D eigenvalue weighted by Crippen LogP contribution is -2.26. The third-order valence-electron chi connectivity index (χ3n) is 21.1. The minimum absolute atomic E-state index is 0.417. The number of aromatic amines is 1. The van der Waals surface area contributed by atoms with E-state index in [4.69, 9.17) is 0 Å². The molecule has 0 atom stereocenters. The van der Waals surface area contributed by atoms with Crippen LogP contribution in [0.4, 0.5) is 0 Å². The van der Waals surface area contributed by atoms with Gasteiger partial charge in [0, 0.05) is 54.7 Å². The minimum atomic E-state index is -0.417. The fourth-order valence-electron chi connectivity index (χ4n) is 17.6. The molecule has 21 rings (SSSR count). The summed E-state index contributed by atoms with van der Waals surface area (Å²) in [5, 5.41) is 7.39. The summed E-state index contributed by atoms with van der Waals surface area (Å²) in [5.41, 5.74) is 34.6. The number of nitrogens with one attached hydrogen (secondary N) is 1. The van der Waals surface area contributed by atoms with Gasteiger partial charge in [0.1, 0.15) is 0 Å². The van der Waals surface area contributed by atoms with Gasteiger partial charge in [0.05, 0.1) is 32.9 Å². The number of fused-ring (bicyclic) bond motifs is 29. The molecule has 14 aromatic carbocycles. The Hall–Kier alpha value is -11.5. The van der Waals surface area contributed by atoms with E-state index >= 15 is 0 Å². The van der Waals surface area contributed by atoms with E-state index in [2.05, 4.69) is 317 Å². The van der Waals surface area contributed by atoms with Crippen LogP contribution in [0.3, 0.4) is 0 Å². The van der Waals surface area contributed by atoms with Crippen molar-refractivity contribution in [1.82, 2.24) is 14.1 Å². The molecule has 0 amide bonds. The van der Waals surface area contributed by atoms with Crippen LogP contribution in [0.2, 0.25) is 0 Å². The Labute approximate surface area is 513 Å². The van der Waals surface area contributed by atoms with Gasteiger partial charge in [0.2, 0.25) is 0 Å². The van der Waals surface area contributed by atoms with Gasteiger partial charge in [-0.2, -0.15) is 0 Å². The SMILES string of the molecule is c1ccc2c(c1)-c1ccccc1C21c2ccccc2-c2ccc(-n3c4ccccc4c4cc(-c5ccc6[nH]c7ccc(-c8ccc9c(c8)c8ccccc8n9-c8ccc9c(c8)C8(c%10ccccc%10-c%10ccccc%108)c8ccccc8-9)cc7c6c5)ccc43)cc21. The zero-order chi connectivity index (χ0) is 57.8. The molecule has 1 N–H and O–H groups in total. The molecular weight excluding hydrogens is 1070 g/mol. The number of benzene rings is 14. The molecule has 89 heavy (non-hydrogen) atoms. The topological polar surface area (TPSA) is 25.6 Å². The smallest absolute Gasteiger partial charge is 0.0726 e. The van der Waals surface area contributed by atoms with E-state index in [1.165, 1.54) is 177 Å². The van der Waals surface area contributed by atoms with Gasteiger partial charge < -0.3 is 14.1 Å². The second-order valence-electron chi connectivity index (χ2n) is 25.0. The van der Waals surface area contributed by atoms with Gasteiger partial charge in [-0.25, -0.2) is 0 Å². The summed E-state index contributed by atoms with van der Waals surface area (Å²) in [5.74, 6) is 0. The summed E-state index contributed by atoms with van der Waals surface area (Å²) in [7, 11) is 0. The van der Waals surface area contributed by atoms with Crippen LogP contribution in [0.15, 0.2) is 303 Å². The molecule has 3 heteroatoms. The van der Waals surface area contributed by atoms with Crippen molar-refractivity contribution in [3.63, 3.8) is 0 Å². The molecule has 0 aliphatic heterocycles. The first-order valence-corrected chi connectivity index (χ1v) is 31.1. The van der Waals surface area contributed by atoms with Crippen LogP contribution in [-0.2, 0) is 10.8 Å². The van der Waals surface area contributed by atoms with Gasteiger partial charge in [-0.15, -0.1) is 0 Å². The third kappa shape index (κ3) is 5.97. The maximum absolute atomic E-state index is 3.78. The van der Waals surface area contributed by atoms with Gasteiger partial charge in [0.25, 0.3) is 0 Å². The van der Waals surface area contributed by atoms with Crippen LogP contribution >= 0.6 is 0 Å². The van der Waals surface area contributed by atoms with Gasteiger partial charge in [-0.1, -0.05) is 218 Å². The monoisotopic (exact) mass is 1130 g/mol. The highest BCUT2D eigenvalue weighted by Gasteiger charge is 2.53. The van der Waals surface area contributed by atoms with Gasteiger partial charge in [-0.05, 0) is 196 Å². The van der Waals surface area contributed by atoms with Crippen LogP contribution in [0.5, 0.6) is 0 Å². The van der Waals surface area contributed by atoms with E-state index in [-0.39, 0.29) is 0 Å². The fourth-order valence-corrected chi connectivity index (χ4v) is 17.6. The van der Waals surface area contributed by atoms with Crippen molar-refractivity contribution in [2.24, 2.45) is 0 Å². The first kappa shape index (κ1) is 47.7. The Balaban J connectivity index is 0.670. The molecular formula is C86H51N3. The molecule has 17 aromatic rings. The number of nitrogens with zero attached hydrogens (tertiary/aromatic N) is 2. The van der Waals surface area contributed by atoms with E-state index < -0.39 is 10.8 Å². The molecule has 0 fully saturated rings. The normalized spacial score (nSPS) is 14.0. The van der Waals surface area contributed by atoms with Gasteiger partial charge >= 0.3 is 0 Å². The van der Waals surface area contributed by atoms with Crippen molar-refractivity contribution in [2.45, 2.75) is 10.8 Å². The number of rotatable bonds is 4. The van der Waals surface area contributed by atoms with Crippen molar-refractivity contribution in [1.29, 1.82) is 0 Å². The van der Waals surface area contributed by atoms with Crippen molar-refractivity contribution < 1.29 is 0 Å². The van der Waals surface area contributed by atoms with Crippen LogP contribution in [-0.4, -0.2) is 14.1 Å². The molecule has 2 spiro atoms. The maximum atomic E-state index is 3.78. The molecule has 4 aliphatic carbocycles. The van der Waals surface area contributed by atoms with Crippen molar-refractivity contribution >= 4 is 65.4 Å². The number of aromatic nitrogens is 3. The van der Waals surface area contributed by atoms with Gasteiger partial charge in [0.15, 0.2) is 0 Å². The zero-order valence-corrected chi connectivity index (χ0v) is 48.3. The summed E-state index contributed by atoms with van der Waals surface area (Å²) < 4.78 is 4.99. The molecule has 0 radical (unpaired) electrons. The summed E-state index contributed by atoms with van der Waals surface area (Å²) in [6.07, 6.45) is 0. The fraction of sp³-hybridized carbons (Fsp3) is 0.0233. The Morgan fingerprint density at radius 3 is 0.843 bits per heavy atom. The van der Waals surface area contributed by atoms with Crippen LogP contribution in [0.1, 0.15) is 44.5 Å². The molecule has 410 valence electrons. The maximum Gasteiger partial charge on any atom is 0.0726 e. The quantitative estimate of drug-likeness (QED) is 0.182. The lowest BCUT2D eigenvalue weighted by atomic mass is 9.70. The lowest BCUT2D eigenvalue weighted by Gasteiger charge is -2.30. The molecule has 4 aliphatic rings. The Morgan fingerprint density at radius 2 is 0.483 bits per heavy atom. The molecule has 0 saturated carbocycles. The van der Waals surface area contributed by atoms with E-state index in [9.17, 15) is 0 Å². The third-order valence-corrected chi connectivity index (χ3v) is 21.1. The highest BCUT2D eigenvalue weighted by molar-refractivity contribution is 6.14.